The number of halogens is 2. The van der Waals surface area contributed by atoms with Crippen LogP contribution in [0.2, 0.25) is 0 Å². The molecule has 6 nitrogen and oxygen atoms in total. The van der Waals surface area contributed by atoms with Crippen molar-refractivity contribution in [2.24, 2.45) is 11.1 Å². The summed E-state index contributed by atoms with van der Waals surface area (Å²) in [5.74, 6) is 0.523. The Morgan fingerprint density at radius 2 is 1.81 bits per heavy atom. The monoisotopic (exact) mass is 627 g/mol. The van der Waals surface area contributed by atoms with Crippen molar-refractivity contribution < 1.29 is 14.3 Å². The number of ether oxygens (including phenoxy) is 2. The van der Waals surface area contributed by atoms with Gasteiger partial charge in [-0.1, -0.05) is 43.7 Å². The van der Waals surface area contributed by atoms with E-state index in [-0.39, 0.29) is 11.2 Å². The molecule has 1 atom stereocenters. The van der Waals surface area contributed by atoms with Crippen LogP contribution in [0.5, 0.6) is 5.75 Å². The SMILES string of the molecule is COCCN1C(N)=C(C#N)[C@H](c2cc(Br)c(OCc3ccc(C)cc3)c(Br)c2)C2=C1CC(C)(C)CC2=O. The van der Waals surface area contributed by atoms with Crippen LogP contribution in [0.15, 0.2) is 68.0 Å². The first-order valence-corrected chi connectivity index (χ1v) is 13.7. The van der Waals surface area contributed by atoms with Gasteiger partial charge < -0.3 is 20.1 Å². The molecule has 0 bridgehead atoms. The molecule has 0 saturated heterocycles. The highest BCUT2D eigenvalue weighted by Gasteiger charge is 2.44. The minimum absolute atomic E-state index is 0.0471. The summed E-state index contributed by atoms with van der Waals surface area (Å²) >= 11 is 7.32. The lowest BCUT2D eigenvalue weighted by Gasteiger charge is -2.43. The van der Waals surface area contributed by atoms with Gasteiger partial charge in [-0.2, -0.15) is 5.26 Å². The van der Waals surface area contributed by atoms with E-state index in [2.05, 4.69) is 63.9 Å². The standard InChI is InChI=1S/C29H31Br2N3O3/c1-17-5-7-18(8-6-17)16-37-27-21(30)11-19(12-22(27)31)25-20(15-32)28(33)34(9-10-36-4)23-13-29(2,3)14-24(35)26(23)25/h5-8,11-12,25H,9-10,13-14,16,33H2,1-4H3/t25-/m0/s1. The number of benzene rings is 2. The molecule has 4 rings (SSSR count). The molecule has 194 valence electrons. The molecule has 8 heteroatoms. The van der Waals surface area contributed by atoms with Crippen LogP contribution in [0.3, 0.4) is 0 Å². The summed E-state index contributed by atoms with van der Waals surface area (Å²) in [7, 11) is 1.63. The lowest BCUT2D eigenvalue weighted by molar-refractivity contribution is -0.118. The van der Waals surface area contributed by atoms with Gasteiger partial charge in [-0.3, -0.25) is 4.79 Å². The fourth-order valence-corrected chi connectivity index (χ4v) is 6.52. The second-order valence-corrected chi connectivity index (χ2v) is 12.1. The van der Waals surface area contributed by atoms with Gasteiger partial charge in [0.25, 0.3) is 0 Å². The predicted molar refractivity (Wildman–Crippen MR) is 151 cm³/mol. The Morgan fingerprint density at radius 1 is 1.16 bits per heavy atom. The summed E-state index contributed by atoms with van der Waals surface area (Å²) in [5, 5.41) is 10.2. The molecule has 2 aromatic rings. The zero-order chi connectivity index (χ0) is 26.9. The van der Waals surface area contributed by atoms with Gasteiger partial charge in [0.05, 0.1) is 33.1 Å². The number of nitrogens with two attached hydrogens (primary N) is 1. The normalized spacial score (nSPS) is 19.1. The van der Waals surface area contributed by atoms with Crippen molar-refractivity contribution in [3.05, 3.63) is 84.7 Å². The van der Waals surface area contributed by atoms with Gasteiger partial charge >= 0.3 is 0 Å². The highest BCUT2D eigenvalue weighted by molar-refractivity contribution is 9.11. The maximum absolute atomic E-state index is 13.6. The summed E-state index contributed by atoms with van der Waals surface area (Å²) < 4.78 is 12.9. The molecule has 2 aliphatic rings. The lowest BCUT2D eigenvalue weighted by Crippen LogP contribution is -2.43. The summed E-state index contributed by atoms with van der Waals surface area (Å²) in [6.45, 7) is 7.54. The number of nitrogens with zero attached hydrogens (tertiary/aromatic N) is 2. The van der Waals surface area contributed by atoms with Crippen LogP contribution in [0, 0.1) is 23.7 Å². The minimum Gasteiger partial charge on any atom is -0.487 e. The highest BCUT2D eigenvalue weighted by atomic mass is 79.9. The Balaban J connectivity index is 1.76. The third-order valence-corrected chi connectivity index (χ3v) is 8.04. The van der Waals surface area contributed by atoms with E-state index in [0.717, 1.165) is 25.8 Å². The molecule has 0 amide bonds. The van der Waals surface area contributed by atoms with Crippen LogP contribution >= 0.6 is 31.9 Å². The van der Waals surface area contributed by atoms with Crippen molar-refractivity contribution >= 4 is 37.6 Å². The van der Waals surface area contributed by atoms with Gasteiger partial charge in [0.2, 0.25) is 0 Å². The van der Waals surface area contributed by atoms with Crippen LogP contribution in [0.25, 0.3) is 0 Å². The average Bonchev–Trinajstić information content (AvgIpc) is 2.82. The number of methoxy groups -OCH3 is 1. The molecule has 1 aliphatic carbocycles. The molecule has 2 aromatic carbocycles. The van der Waals surface area contributed by atoms with Crippen molar-refractivity contribution in [3.63, 3.8) is 0 Å². The molecule has 1 heterocycles. The first kappa shape index (κ1) is 27.4. The largest absolute Gasteiger partial charge is 0.487 e. The van der Waals surface area contributed by atoms with Crippen LogP contribution in [-0.2, 0) is 16.1 Å². The number of carbonyl (C=O) groups is 1. The molecule has 37 heavy (non-hydrogen) atoms. The number of hydrogen-bond acceptors (Lipinski definition) is 6. The number of carbonyl (C=O) groups excluding carboxylic acids is 1. The molecular weight excluding hydrogens is 598 g/mol. The maximum atomic E-state index is 13.6. The van der Waals surface area contributed by atoms with E-state index in [1.165, 1.54) is 5.56 Å². The van der Waals surface area contributed by atoms with E-state index < -0.39 is 5.92 Å². The van der Waals surface area contributed by atoms with Crippen LogP contribution < -0.4 is 10.5 Å². The van der Waals surface area contributed by atoms with E-state index in [4.69, 9.17) is 15.2 Å². The van der Waals surface area contributed by atoms with Gasteiger partial charge in [-0.25, -0.2) is 0 Å². The Hall–Kier alpha value is -2.60. The molecule has 0 aromatic heterocycles. The number of rotatable bonds is 7. The fraction of sp³-hybridized carbons (Fsp3) is 0.379. The zero-order valence-corrected chi connectivity index (χ0v) is 24.7. The summed E-state index contributed by atoms with van der Waals surface area (Å²) in [6.07, 6.45) is 1.10. The number of nitriles is 1. The lowest BCUT2D eigenvalue weighted by atomic mass is 9.68. The van der Waals surface area contributed by atoms with Gasteiger partial charge in [0.1, 0.15) is 18.2 Å². The highest BCUT2D eigenvalue weighted by Crippen LogP contribution is 2.50. The smallest absolute Gasteiger partial charge is 0.162 e. The van der Waals surface area contributed by atoms with Gasteiger partial charge in [0.15, 0.2) is 5.78 Å². The topological polar surface area (TPSA) is 88.6 Å². The summed E-state index contributed by atoms with van der Waals surface area (Å²) in [6, 6.07) is 14.4. The summed E-state index contributed by atoms with van der Waals surface area (Å²) in [4.78, 5) is 15.5. The Kier molecular flexibility index (Phi) is 8.17. The molecule has 0 unspecified atom stereocenters. The van der Waals surface area contributed by atoms with Crippen molar-refractivity contribution in [1.82, 2.24) is 4.90 Å². The number of ketones is 1. The molecule has 0 spiro atoms. The predicted octanol–water partition coefficient (Wildman–Crippen LogP) is 6.48. The number of allylic oxidation sites excluding steroid dienone is 3. The number of aryl methyl sites for hydroxylation is 1. The Bertz CT molecular complexity index is 1300. The fourth-order valence-electron chi connectivity index (χ4n) is 5.07. The zero-order valence-electron chi connectivity index (χ0n) is 21.5. The summed E-state index contributed by atoms with van der Waals surface area (Å²) in [5.41, 5.74) is 11.4. The van der Waals surface area contributed by atoms with Crippen LogP contribution in [0.1, 0.15) is 49.3 Å². The van der Waals surface area contributed by atoms with Gasteiger partial charge in [0, 0.05) is 31.3 Å². The van der Waals surface area contributed by atoms with Crippen LogP contribution in [-0.4, -0.2) is 30.9 Å². The van der Waals surface area contributed by atoms with E-state index in [1.54, 1.807) is 7.11 Å². The van der Waals surface area contributed by atoms with E-state index in [9.17, 15) is 10.1 Å². The molecule has 0 saturated carbocycles. The molecule has 2 N–H and O–H groups in total. The number of hydrogen-bond donors (Lipinski definition) is 1. The second-order valence-electron chi connectivity index (χ2n) is 10.4. The quantitative estimate of drug-likeness (QED) is 0.377. The van der Waals surface area contributed by atoms with E-state index in [0.29, 0.717) is 55.3 Å². The van der Waals surface area contributed by atoms with Crippen molar-refractivity contribution in [3.8, 4) is 11.8 Å². The molecular formula is C29H31Br2N3O3. The van der Waals surface area contributed by atoms with Crippen molar-refractivity contribution in [2.45, 2.75) is 46.1 Å². The van der Waals surface area contributed by atoms with E-state index in [1.807, 2.05) is 36.1 Å². The van der Waals surface area contributed by atoms with Crippen molar-refractivity contribution in [2.75, 3.05) is 20.3 Å². The number of Topliss-reactive ketones (excluding diaryl/α,β-unsaturated/α-hetero) is 1. The van der Waals surface area contributed by atoms with Gasteiger partial charge in [-0.15, -0.1) is 0 Å². The van der Waals surface area contributed by atoms with Crippen molar-refractivity contribution in [1.29, 1.82) is 5.26 Å². The Morgan fingerprint density at radius 3 is 2.41 bits per heavy atom. The molecule has 0 radical (unpaired) electrons. The maximum Gasteiger partial charge on any atom is 0.162 e. The average molecular weight is 629 g/mol. The van der Waals surface area contributed by atoms with Crippen LogP contribution in [0.4, 0.5) is 0 Å². The third-order valence-electron chi connectivity index (χ3n) is 6.86. The first-order chi connectivity index (χ1) is 17.6. The second kappa shape index (κ2) is 11.0. The molecule has 0 fully saturated rings. The molecule has 1 aliphatic heterocycles. The van der Waals surface area contributed by atoms with E-state index >= 15 is 0 Å². The first-order valence-electron chi connectivity index (χ1n) is 12.2. The Labute approximate surface area is 235 Å². The van der Waals surface area contributed by atoms with Gasteiger partial charge in [-0.05, 0) is 73.9 Å². The third kappa shape index (κ3) is 5.64. The minimum atomic E-state index is -0.554.